The van der Waals surface area contributed by atoms with E-state index >= 15 is 0 Å². The van der Waals surface area contributed by atoms with Crippen molar-refractivity contribution in [1.29, 1.82) is 0 Å². The summed E-state index contributed by atoms with van der Waals surface area (Å²) in [6, 6.07) is 8.73. The van der Waals surface area contributed by atoms with Crippen molar-refractivity contribution in [2.75, 3.05) is 16.8 Å². The molecule has 2 N–H and O–H groups in total. The van der Waals surface area contributed by atoms with Crippen molar-refractivity contribution in [2.45, 2.75) is 32.7 Å². The SMILES string of the molecule is CCc1cc(NC(=O)N[C@H]2CCN(c3ccc(C)cc3)C2=O)n(C)n1. The summed E-state index contributed by atoms with van der Waals surface area (Å²) in [6.45, 7) is 4.61. The number of nitrogens with zero attached hydrogens (tertiary/aromatic N) is 3. The normalized spacial score (nSPS) is 17.0. The van der Waals surface area contributed by atoms with Crippen LogP contribution in [0.5, 0.6) is 0 Å². The van der Waals surface area contributed by atoms with Crippen LogP contribution in [0.4, 0.5) is 16.3 Å². The lowest BCUT2D eigenvalue weighted by molar-refractivity contribution is -0.118. The predicted octanol–water partition coefficient (Wildman–Crippen LogP) is 2.22. The van der Waals surface area contributed by atoms with Crippen molar-refractivity contribution in [3.05, 3.63) is 41.6 Å². The molecule has 25 heavy (non-hydrogen) atoms. The van der Waals surface area contributed by atoms with Crippen LogP contribution in [0.2, 0.25) is 0 Å². The van der Waals surface area contributed by atoms with Crippen LogP contribution in [0, 0.1) is 6.92 Å². The molecule has 2 heterocycles. The third-order valence-corrected chi connectivity index (χ3v) is 4.39. The Hall–Kier alpha value is -2.83. The first-order valence-corrected chi connectivity index (χ1v) is 8.46. The van der Waals surface area contributed by atoms with Crippen LogP contribution in [0.1, 0.15) is 24.6 Å². The maximum atomic E-state index is 12.6. The number of hydrogen-bond acceptors (Lipinski definition) is 3. The van der Waals surface area contributed by atoms with Crippen LogP contribution in [-0.4, -0.2) is 34.3 Å². The van der Waals surface area contributed by atoms with Gasteiger partial charge in [0.2, 0.25) is 5.91 Å². The number of aromatic nitrogens is 2. The molecular weight excluding hydrogens is 318 g/mol. The van der Waals surface area contributed by atoms with Gasteiger partial charge in [-0.25, -0.2) is 4.79 Å². The molecule has 0 bridgehead atoms. The summed E-state index contributed by atoms with van der Waals surface area (Å²) < 4.78 is 1.62. The van der Waals surface area contributed by atoms with E-state index in [1.165, 1.54) is 0 Å². The zero-order valence-electron chi connectivity index (χ0n) is 14.7. The van der Waals surface area contributed by atoms with Gasteiger partial charge < -0.3 is 10.2 Å². The molecule has 1 aliphatic rings. The van der Waals surface area contributed by atoms with Crippen molar-refractivity contribution in [2.24, 2.45) is 7.05 Å². The van der Waals surface area contributed by atoms with Gasteiger partial charge in [0.25, 0.3) is 0 Å². The van der Waals surface area contributed by atoms with E-state index in [9.17, 15) is 9.59 Å². The molecule has 1 aliphatic heterocycles. The fourth-order valence-electron chi connectivity index (χ4n) is 2.92. The minimum absolute atomic E-state index is 0.0849. The first-order chi connectivity index (χ1) is 12.0. The van der Waals surface area contributed by atoms with Crippen molar-refractivity contribution < 1.29 is 9.59 Å². The van der Waals surface area contributed by atoms with Crippen molar-refractivity contribution in [1.82, 2.24) is 15.1 Å². The van der Waals surface area contributed by atoms with E-state index in [1.807, 2.05) is 44.2 Å². The number of aryl methyl sites for hydroxylation is 3. The lowest BCUT2D eigenvalue weighted by Gasteiger charge is -2.17. The van der Waals surface area contributed by atoms with Crippen molar-refractivity contribution in [3.8, 4) is 0 Å². The minimum atomic E-state index is -0.514. The molecular formula is C18H23N5O2. The molecule has 2 aromatic rings. The van der Waals surface area contributed by atoms with Gasteiger partial charge in [0.15, 0.2) is 0 Å². The van der Waals surface area contributed by atoms with E-state index in [2.05, 4.69) is 15.7 Å². The van der Waals surface area contributed by atoms with Crippen LogP contribution in [0.25, 0.3) is 0 Å². The number of rotatable bonds is 4. The number of urea groups is 1. The number of nitrogens with one attached hydrogen (secondary N) is 2. The van der Waals surface area contributed by atoms with Crippen LogP contribution < -0.4 is 15.5 Å². The Morgan fingerprint density at radius 3 is 2.68 bits per heavy atom. The molecule has 3 amide bonds. The second-order valence-electron chi connectivity index (χ2n) is 6.26. The minimum Gasteiger partial charge on any atom is -0.326 e. The molecule has 1 aromatic heterocycles. The van der Waals surface area contributed by atoms with E-state index < -0.39 is 12.1 Å². The van der Waals surface area contributed by atoms with E-state index in [0.717, 1.165) is 23.4 Å². The Balaban J connectivity index is 1.61. The number of amides is 3. The van der Waals surface area contributed by atoms with Crippen LogP contribution >= 0.6 is 0 Å². The summed E-state index contributed by atoms with van der Waals surface area (Å²) in [7, 11) is 1.77. The van der Waals surface area contributed by atoms with Gasteiger partial charge >= 0.3 is 6.03 Å². The highest BCUT2D eigenvalue weighted by Crippen LogP contribution is 2.22. The van der Waals surface area contributed by atoms with Gasteiger partial charge in [-0.3, -0.25) is 14.8 Å². The first-order valence-electron chi connectivity index (χ1n) is 8.46. The molecule has 0 saturated carbocycles. The second-order valence-corrected chi connectivity index (χ2v) is 6.26. The summed E-state index contributed by atoms with van der Waals surface area (Å²) >= 11 is 0. The standard InChI is InChI=1S/C18H23N5O2/c1-4-13-11-16(22(3)21-13)20-18(25)19-15-9-10-23(17(15)24)14-7-5-12(2)6-8-14/h5-8,11,15H,4,9-10H2,1-3H3,(H2,19,20,25)/t15-/m0/s1. The number of carbonyl (C=O) groups excluding carboxylic acids is 2. The summed E-state index contributed by atoms with van der Waals surface area (Å²) in [5.41, 5.74) is 2.91. The Kier molecular flexibility index (Phi) is 4.74. The fourth-order valence-corrected chi connectivity index (χ4v) is 2.92. The summed E-state index contributed by atoms with van der Waals surface area (Å²) in [5, 5.41) is 9.80. The van der Waals surface area contributed by atoms with Gasteiger partial charge in [0.05, 0.1) is 5.69 Å². The molecule has 1 saturated heterocycles. The number of anilines is 2. The van der Waals surface area contributed by atoms with Gasteiger partial charge in [0.1, 0.15) is 11.9 Å². The molecule has 132 valence electrons. The van der Waals surface area contributed by atoms with E-state index in [-0.39, 0.29) is 5.91 Å². The monoisotopic (exact) mass is 341 g/mol. The summed E-state index contributed by atoms with van der Waals surface area (Å²) in [4.78, 5) is 26.5. The molecule has 1 aromatic carbocycles. The van der Waals surface area contributed by atoms with Gasteiger partial charge in [-0.15, -0.1) is 0 Å². The average Bonchev–Trinajstić information content (AvgIpc) is 3.12. The largest absolute Gasteiger partial charge is 0.326 e. The predicted molar refractivity (Wildman–Crippen MR) is 96.7 cm³/mol. The van der Waals surface area contributed by atoms with E-state index in [4.69, 9.17) is 0 Å². The van der Waals surface area contributed by atoms with E-state index in [0.29, 0.717) is 18.8 Å². The zero-order chi connectivity index (χ0) is 18.0. The molecule has 1 atom stereocenters. The smallest absolute Gasteiger partial charge is 0.321 e. The molecule has 7 heteroatoms. The van der Waals surface area contributed by atoms with Crippen LogP contribution in [0.15, 0.2) is 30.3 Å². The fraction of sp³-hybridized carbons (Fsp3) is 0.389. The summed E-state index contributed by atoms with van der Waals surface area (Å²) in [5.74, 6) is 0.522. The van der Waals surface area contributed by atoms with Crippen molar-refractivity contribution in [3.63, 3.8) is 0 Å². The molecule has 1 fully saturated rings. The molecule has 3 rings (SSSR count). The number of benzene rings is 1. The second kappa shape index (κ2) is 6.96. The van der Waals surface area contributed by atoms with E-state index in [1.54, 1.807) is 16.6 Å². The highest BCUT2D eigenvalue weighted by atomic mass is 16.2. The Bertz CT molecular complexity index is 781. The maximum absolute atomic E-state index is 12.6. The molecule has 7 nitrogen and oxygen atoms in total. The van der Waals surface area contributed by atoms with Crippen LogP contribution in [-0.2, 0) is 18.3 Å². The molecule has 0 radical (unpaired) electrons. The topological polar surface area (TPSA) is 79.3 Å². The Morgan fingerprint density at radius 2 is 2.04 bits per heavy atom. The molecule has 0 aliphatic carbocycles. The van der Waals surface area contributed by atoms with Gasteiger partial charge in [-0.1, -0.05) is 24.6 Å². The highest BCUT2D eigenvalue weighted by molar-refractivity contribution is 6.02. The maximum Gasteiger partial charge on any atom is 0.321 e. The first kappa shape index (κ1) is 17.0. The third kappa shape index (κ3) is 3.65. The summed E-state index contributed by atoms with van der Waals surface area (Å²) in [6.07, 6.45) is 1.38. The molecule has 0 spiro atoms. The number of hydrogen-bond donors (Lipinski definition) is 2. The van der Waals surface area contributed by atoms with Gasteiger partial charge in [0, 0.05) is 25.3 Å². The van der Waals surface area contributed by atoms with Crippen LogP contribution in [0.3, 0.4) is 0 Å². The quantitative estimate of drug-likeness (QED) is 0.895. The zero-order valence-corrected chi connectivity index (χ0v) is 14.7. The van der Waals surface area contributed by atoms with Gasteiger partial charge in [-0.05, 0) is 31.9 Å². The van der Waals surface area contributed by atoms with Crippen molar-refractivity contribution >= 4 is 23.4 Å². The van der Waals surface area contributed by atoms with Gasteiger partial charge in [-0.2, -0.15) is 5.10 Å². The number of carbonyl (C=O) groups is 2. The average molecular weight is 341 g/mol. The Morgan fingerprint density at radius 1 is 1.32 bits per heavy atom. The highest BCUT2D eigenvalue weighted by Gasteiger charge is 2.33. The molecule has 0 unspecified atom stereocenters. The lowest BCUT2D eigenvalue weighted by atomic mass is 10.2. The third-order valence-electron chi connectivity index (χ3n) is 4.39. The lowest BCUT2D eigenvalue weighted by Crippen LogP contribution is -2.43. The Labute approximate surface area is 147 Å².